The van der Waals surface area contributed by atoms with Crippen molar-refractivity contribution in [2.75, 3.05) is 36.5 Å². The predicted molar refractivity (Wildman–Crippen MR) is 122 cm³/mol. The van der Waals surface area contributed by atoms with Crippen LogP contribution in [0.3, 0.4) is 0 Å². The smallest absolute Gasteiger partial charge is 0.226 e. The van der Waals surface area contributed by atoms with Gasteiger partial charge in [-0.1, -0.05) is 6.92 Å². The number of piperidine rings is 1. The van der Waals surface area contributed by atoms with Crippen LogP contribution in [0.1, 0.15) is 51.9 Å². The Labute approximate surface area is 184 Å². The zero-order valence-electron chi connectivity index (χ0n) is 18.4. The Morgan fingerprint density at radius 3 is 2.48 bits per heavy atom. The van der Waals surface area contributed by atoms with E-state index in [9.17, 15) is 0 Å². The lowest BCUT2D eigenvalue weighted by Crippen LogP contribution is -2.39. The predicted octanol–water partition coefficient (Wildman–Crippen LogP) is 4.30. The van der Waals surface area contributed by atoms with Gasteiger partial charge in [0.1, 0.15) is 11.9 Å². The van der Waals surface area contributed by atoms with Crippen LogP contribution in [0.15, 0.2) is 24.5 Å². The fourth-order valence-corrected chi connectivity index (χ4v) is 4.61. The normalized spacial score (nSPS) is 24.5. The van der Waals surface area contributed by atoms with Crippen LogP contribution in [0.2, 0.25) is 0 Å². The van der Waals surface area contributed by atoms with Gasteiger partial charge in [-0.15, -0.1) is 0 Å². The molecule has 0 spiro atoms. The first-order chi connectivity index (χ1) is 15.2. The van der Waals surface area contributed by atoms with Crippen molar-refractivity contribution in [1.29, 1.82) is 0 Å². The molecule has 0 aromatic carbocycles. The van der Waals surface area contributed by atoms with E-state index in [1.807, 2.05) is 12.4 Å². The number of nitrogens with zero attached hydrogens (tertiary/aromatic N) is 4. The van der Waals surface area contributed by atoms with Gasteiger partial charge in [0.15, 0.2) is 0 Å². The van der Waals surface area contributed by atoms with E-state index in [0.717, 1.165) is 36.0 Å². The van der Waals surface area contributed by atoms with E-state index in [1.165, 1.54) is 44.9 Å². The zero-order chi connectivity index (χ0) is 21.0. The summed E-state index contributed by atoms with van der Waals surface area (Å²) in [4.78, 5) is 16.5. The summed E-state index contributed by atoms with van der Waals surface area (Å²) in [5.74, 6) is 3.13. The summed E-state index contributed by atoms with van der Waals surface area (Å²) in [6.45, 7) is 5.73. The van der Waals surface area contributed by atoms with E-state index in [2.05, 4.69) is 34.3 Å². The number of hydrogen-bond acceptors (Lipinski definition) is 7. The lowest BCUT2D eigenvalue weighted by molar-refractivity contribution is -0.0810. The second kappa shape index (κ2) is 9.39. The SMILES string of the molecule is C[C@H]1CC[C@H](Nc2ncc(-c3ccc(N4CCCCC4)nc3)c(OC3COC3)n2)CC1. The minimum absolute atomic E-state index is 0.0533. The molecular weight excluding hydrogens is 390 g/mol. The first kappa shape index (κ1) is 20.5. The third kappa shape index (κ3) is 4.92. The maximum Gasteiger partial charge on any atom is 0.226 e. The lowest BCUT2D eigenvalue weighted by Gasteiger charge is -2.29. The highest BCUT2D eigenvalue weighted by Crippen LogP contribution is 2.32. The van der Waals surface area contributed by atoms with Gasteiger partial charge in [-0.2, -0.15) is 4.98 Å². The molecule has 1 N–H and O–H groups in total. The number of hydrogen-bond donors (Lipinski definition) is 1. The molecule has 1 aliphatic carbocycles. The molecule has 7 heteroatoms. The highest BCUT2D eigenvalue weighted by atomic mass is 16.6. The Morgan fingerprint density at radius 1 is 1.00 bits per heavy atom. The minimum Gasteiger partial charge on any atom is -0.469 e. The molecule has 1 saturated carbocycles. The summed E-state index contributed by atoms with van der Waals surface area (Å²) < 4.78 is 11.5. The van der Waals surface area contributed by atoms with E-state index in [0.29, 0.717) is 31.1 Å². The number of pyridine rings is 1. The zero-order valence-corrected chi connectivity index (χ0v) is 18.4. The number of nitrogens with one attached hydrogen (secondary N) is 1. The number of aromatic nitrogens is 3. The third-order valence-electron chi connectivity index (χ3n) is 6.73. The molecule has 0 unspecified atom stereocenters. The van der Waals surface area contributed by atoms with Crippen molar-refractivity contribution in [3.63, 3.8) is 0 Å². The lowest BCUT2D eigenvalue weighted by atomic mass is 9.87. The molecule has 0 bridgehead atoms. The van der Waals surface area contributed by atoms with E-state index in [1.54, 1.807) is 0 Å². The number of anilines is 2. The summed E-state index contributed by atoms with van der Waals surface area (Å²) in [5, 5.41) is 3.53. The van der Waals surface area contributed by atoms with Crippen molar-refractivity contribution in [2.24, 2.45) is 5.92 Å². The molecule has 31 heavy (non-hydrogen) atoms. The van der Waals surface area contributed by atoms with Crippen LogP contribution in [0.4, 0.5) is 11.8 Å². The Balaban J connectivity index is 1.35. The first-order valence-corrected chi connectivity index (χ1v) is 11.8. The van der Waals surface area contributed by atoms with Crippen LogP contribution in [0, 0.1) is 5.92 Å². The van der Waals surface area contributed by atoms with Crippen molar-refractivity contribution in [1.82, 2.24) is 15.0 Å². The minimum atomic E-state index is 0.0533. The number of rotatable bonds is 6. The fourth-order valence-electron chi connectivity index (χ4n) is 4.61. The Hall–Kier alpha value is -2.41. The Kier molecular flexibility index (Phi) is 6.20. The standard InChI is InChI=1S/C24H33N5O2/c1-17-5-8-19(9-6-17)27-24-26-14-21(23(28-24)31-20-15-30-16-20)18-7-10-22(25-13-18)29-11-3-2-4-12-29/h7,10,13-14,17,19-20H,2-6,8-9,11-12,15-16H2,1H3,(H,26,27,28)/t17-,19-. The molecule has 2 saturated heterocycles. The Bertz CT molecular complexity index is 857. The third-order valence-corrected chi connectivity index (χ3v) is 6.73. The molecule has 0 atom stereocenters. The maximum absolute atomic E-state index is 6.18. The maximum atomic E-state index is 6.18. The van der Waals surface area contributed by atoms with E-state index < -0.39 is 0 Å². The van der Waals surface area contributed by atoms with Crippen molar-refractivity contribution in [2.45, 2.75) is 64.0 Å². The van der Waals surface area contributed by atoms with Gasteiger partial charge in [0.05, 0.1) is 18.8 Å². The quantitative estimate of drug-likeness (QED) is 0.743. The van der Waals surface area contributed by atoms with Gasteiger partial charge in [-0.05, 0) is 63.0 Å². The first-order valence-electron chi connectivity index (χ1n) is 11.8. The Morgan fingerprint density at radius 2 is 1.81 bits per heavy atom. The molecular formula is C24H33N5O2. The summed E-state index contributed by atoms with van der Waals surface area (Å²) >= 11 is 0. The van der Waals surface area contributed by atoms with Crippen LogP contribution < -0.4 is 15.0 Å². The van der Waals surface area contributed by atoms with Crippen LogP contribution in [0.25, 0.3) is 11.1 Å². The van der Waals surface area contributed by atoms with Crippen molar-refractivity contribution < 1.29 is 9.47 Å². The molecule has 4 heterocycles. The molecule has 3 fully saturated rings. The monoisotopic (exact) mass is 423 g/mol. The summed E-state index contributed by atoms with van der Waals surface area (Å²) in [6, 6.07) is 4.65. The summed E-state index contributed by atoms with van der Waals surface area (Å²) in [6.07, 6.45) is 12.5. The van der Waals surface area contributed by atoms with Gasteiger partial charge in [0.25, 0.3) is 0 Å². The molecule has 7 nitrogen and oxygen atoms in total. The van der Waals surface area contributed by atoms with Crippen molar-refractivity contribution in [3.05, 3.63) is 24.5 Å². The van der Waals surface area contributed by atoms with Gasteiger partial charge in [0, 0.05) is 37.1 Å². The topological polar surface area (TPSA) is 72.4 Å². The van der Waals surface area contributed by atoms with Crippen LogP contribution in [-0.2, 0) is 4.74 Å². The van der Waals surface area contributed by atoms with E-state index >= 15 is 0 Å². The van der Waals surface area contributed by atoms with Gasteiger partial charge < -0.3 is 19.7 Å². The second-order valence-electron chi connectivity index (χ2n) is 9.24. The average Bonchev–Trinajstić information content (AvgIpc) is 2.79. The molecule has 2 aromatic rings. The molecule has 3 aliphatic rings. The number of ether oxygens (including phenoxy) is 2. The average molecular weight is 424 g/mol. The van der Waals surface area contributed by atoms with Gasteiger partial charge in [-0.25, -0.2) is 9.97 Å². The highest BCUT2D eigenvalue weighted by molar-refractivity contribution is 5.69. The highest BCUT2D eigenvalue weighted by Gasteiger charge is 2.24. The molecule has 166 valence electrons. The summed E-state index contributed by atoms with van der Waals surface area (Å²) in [7, 11) is 0. The van der Waals surface area contributed by atoms with Gasteiger partial charge >= 0.3 is 0 Å². The molecule has 0 amide bonds. The van der Waals surface area contributed by atoms with Crippen LogP contribution in [-0.4, -0.2) is 53.4 Å². The van der Waals surface area contributed by atoms with E-state index in [4.69, 9.17) is 19.4 Å². The van der Waals surface area contributed by atoms with Crippen molar-refractivity contribution >= 4 is 11.8 Å². The van der Waals surface area contributed by atoms with Gasteiger partial charge in [0.2, 0.25) is 11.8 Å². The second-order valence-corrected chi connectivity index (χ2v) is 9.24. The molecule has 0 radical (unpaired) electrons. The molecule has 2 aromatic heterocycles. The van der Waals surface area contributed by atoms with Gasteiger partial charge in [-0.3, -0.25) is 0 Å². The van der Waals surface area contributed by atoms with Crippen molar-refractivity contribution in [3.8, 4) is 17.0 Å². The molecule has 5 rings (SSSR count). The largest absolute Gasteiger partial charge is 0.469 e. The van der Waals surface area contributed by atoms with Crippen LogP contribution in [0.5, 0.6) is 5.88 Å². The summed E-state index contributed by atoms with van der Waals surface area (Å²) in [5.41, 5.74) is 1.86. The fraction of sp³-hybridized carbons (Fsp3) is 0.625. The van der Waals surface area contributed by atoms with E-state index in [-0.39, 0.29) is 6.10 Å². The molecule has 2 aliphatic heterocycles. The van der Waals surface area contributed by atoms with Crippen LogP contribution >= 0.6 is 0 Å².